The molecule has 0 amide bonds. The molecule has 1 unspecified atom stereocenters. The Morgan fingerprint density at radius 1 is 1.45 bits per heavy atom. The number of piperidine rings is 1. The van der Waals surface area contributed by atoms with E-state index in [1.165, 1.54) is 7.11 Å². The van der Waals surface area contributed by atoms with Crippen LogP contribution in [0.4, 0.5) is 0 Å². The van der Waals surface area contributed by atoms with E-state index in [1.54, 1.807) is 0 Å². The molecule has 1 saturated heterocycles. The molecule has 6 heteroatoms. The van der Waals surface area contributed by atoms with Crippen LogP contribution in [0, 0.1) is 12.8 Å². The summed E-state index contributed by atoms with van der Waals surface area (Å²) in [4.78, 5) is 25.6. The first-order chi connectivity index (χ1) is 10.5. The van der Waals surface area contributed by atoms with Crippen molar-refractivity contribution in [2.45, 2.75) is 33.2 Å². The summed E-state index contributed by atoms with van der Waals surface area (Å²) in [5.41, 5.74) is 0.765. The van der Waals surface area contributed by atoms with Crippen molar-refractivity contribution in [1.82, 2.24) is 4.90 Å². The van der Waals surface area contributed by atoms with Crippen LogP contribution in [0.15, 0.2) is 10.5 Å². The van der Waals surface area contributed by atoms with Gasteiger partial charge in [0, 0.05) is 12.1 Å². The molecule has 1 atom stereocenters. The number of rotatable bonds is 5. The average molecular weight is 309 g/mol. The molecule has 6 nitrogen and oxygen atoms in total. The van der Waals surface area contributed by atoms with Gasteiger partial charge in [0.2, 0.25) is 5.76 Å². The van der Waals surface area contributed by atoms with Crippen LogP contribution >= 0.6 is 0 Å². The number of likely N-dealkylation sites (tertiary alicyclic amines) is 1. The summed E-state index contributed by atoms with van der Waals surface area (Å²) in [7, 11) is 1.33. The van der Waals surface area contributed by atoms with Gasteiger partial charge >= 0.3 is 11.9 Å². The highest BCUT2D eigenvalue weighted by atomic mass is 16.5. The van der Waals surface area contributed by atoms with Crippen LogP contribution < -0.4 is 0 Å². The molecule has 2 rings (SSSR count). The molecular weight excluding hydrogens is 286 g/mol. The molecule has 0 aliphatic carbocycles. The SMILES string of the molecule is CCOC(=O)C1CCCN(Cc2cc(C)c(C(=O)OC)o2)C1. The molecule has 1 fully saturated rings. The Morgan fingerprint density at radius 2 is 2.23 bits per heavy atom. The van der Waals surface area contributed by atoms with E-state index in [0.717, 1.165) is 24.9 Å². The molecule has 22 heavy (non-hydrogen) atoms. The van der Waals surface area contributed by atoms with Crippen LogP contribution in [-0.4, -0.2) is 43.6 Å². The summed E-state index contributed by atoms with van der Waals surface area (Å²) < 4.78 is 15.4. The van der Waals surface area contributed by atoms with Gasteiger partial charge in [-0.15, -0.1) is 0 Å². The predicted octanol–water partition coefficient (Wildman–Crippen LogP) is 2.15. The highest BCUT2D eigenvalue weighted by Gasteiger charge is 2.27. The number of nitrogens with zero attached hydrogens (tertiary/aromatic N) is 1. The second-order valence-corrected chi connectivity index (χ2v) is 5.54. The summed E-state index contributed by atoms with van der Waals surface area (Å²) >= 11 is 0. The fraction of sp³-hybridized carbons (Fsp3) is 0.625. The molecule has 0 aromatic carbocycles. The minimum absolute atomic E-state index is 0.0789. The predicted molar refractivity (Wildman–Crippen MR) is 79.4 cm³/mol. The van der Waals surface area contributed by atoms with E-state index in [0.29, 0.717) is 25.5 Å². The molecule has 0 saturated carbocycles. The van der Waals surface area contributed by atoms with Crippen molar-refractivity contribution in [3.63, 3.8) is 0 Å². The molecule has 0 radical (unpaired) electrons. The highest BCUT2D eigenvalue weighted by Crippen LogP contribution is 2.22. The quantitative estimate of drug-likeness (QED) is 0.776. The third-order valence-corrected chi connectivity index (χ3v) is 3.84. The zero-order valence-electron chi connectivity index (χ0n) is 13.4. The van der Waals surface area contributed by atoms with Crippen molar-refractivity contribution in [2.75, 3.05) is 26.8 Å². The second kappa shape index (κ2) is 7.45. The Kier molecular flexibility index (Phi) is 5.60. The zero-order chi connectivity index (χ0) is 16.1. The third-order valence-electron chi connectivity index (χ3n) is 3.84. The van der Waals surface area contributed by atoms with Gasteiger partial charge in [0.15, 0.2) is 0 Å². The van der Waals surface area contributed by atoms with Gasteiger partial charge in [-0.2, -0.15) is 0 Å². The van der Waals surface area contributed by atoms with Crippen molar-refractivity contribution in [3.8, 4) is 0 Å². The normalized spacial score (nSPS) is 19.0. The number of carbonyl (C=O) groups excluding carboxylic acids is 2. The Morgan fingerprint density at radius 3 is 2.91 bits per heavy atom. The molecule has 1 aromatic heterocycles. The molecule has 122 valence electrons. The lowest BCUT2D eigenvalue weighted by Crippen LogP contribution is -2.38. The van der Waals surface area contributed by atoms with Gasteiger partial charge in [-0.1, -0.05) is 0 Å². The number of hydrogen-bond donors (Lipinski definition) is 0. The number of ether oxygens (including phenoxy) is 2. The molecule has 1 aliphatic rings. The average Bonchev–Trinajstić information content (AvgIpc) is 2.87. The lowest BCUT2D eigenvalue weighted by Gasteiger charge is -2.30. The first-order valence-corrected chi connectivity index (χ1v) is 7.61. The molecule has 0 bridgehead atoms. The highest BCUT2D eigenvalue weighted by molar-refractivity contribution is 5.87. The van der Waals surface area contributed by atoms with Gasteiger partial charge in [0.1, 0.15) is 5.76 Å². The third kappa shape index (κ3) is 3.88. The van der Waals surface area contributed by atoms with E-state index in [9.17, 15) is 9.59 Å². The van der Waals surface area contributed by atoms with E-state index in [2.05, 4.69) is 9.64 Å². The minimum atomic E-state index is -0.466. The zero-order valence-corrected chi connectivity index (χ0v) is 13.4. The minimum Gasteiger partial charge on any atom is -0.466 e. The smallest absolute Gasteiger partial charge is 0.374 e. The lowest BCUT2D eigenvalue weighted by atomic mass is 9.98. The molecule has 1 aromatic rings. The maximum Gasteiger partial charge on any atom is 0.374 e. The molecule has 0 spiro atoms. The largest absolute Gasteiger partial charge is 0.466 e. The number of carbonyl (C=O) groups is 2. The number of methoxy groups -OCH3 is 1. The Labute approximate surface area is 130 Å². The van der Waals surface area contributed by atoms with Gasteiger partial charge < -0.3 is 13.9 Å². The van der Waals surface area contributed by atoms with E-state index in [-0.39, 0.29) is 17.6 Å². The van der Waals surface area contributed by atoms with Gasteiger partial charge in [0.05, 0.1) is 26.2 Å². The molecule has 1 aliphatic heterocycles. The van der Waals surface area contributed by atoms with Gasteiger partial charge in [-0.05, 0) is 39.3 Å². The van der Waals surface area contributed by atoms with Gasteiger partial charge in [0.25, 0.3) is 0 Å². The first-order valence-electron chi connectivity index (χ1n) is 7.61. The summed E-state index contributed by atoms with van der Waals surface area (Å²) in [6, 6.07) is 1.85. The maximum atomic E-state index is 11.8. The number of furan rings is 1. The van der Waals surface area contributed by atoms with Crippen LogP contribution in [0.1, 0.15) is 41.6 Å². The molecule has 2 heterocycles. The van der Waals surface area contributed by atoms with E-state index >= 15 is 0 Å². The van der Waals surface area contributed by atoms with Crippen LogP contribution in [0.25, 0.3) is 0 Å². The fourth-order valence-corrected chi connectivity index (χ4v) is 2.79. The van der Waals surface area contributed by atoms with Gasteiger partial charge in [-0.3, -0.25) is 9.69 Å². The van der Waals surface area contributed by atoms with E-state index < -0.39 is 5.97 Å². The monoisotopic (exact) mass is 309 g/mol. The first kappa shape index (κ1) is 16.5. The van der Waals surface area contributed by atoms with Crippen molar-refractivity contribution >= 4 is 11.9 Å². The Balaban J connectivity index is 1.98. The summed E-state index contributed by atoms with van der Waals surface area (Å²) in [6.07, 6.45) is 1.81. The maximum absolute atomic E-state index is 11.8. The Bertz CT molecular complexity index is 537. The summed E-state index contributed by atoms with van der Waals surface area (Å²) in [5, 5.41) is 0. The number of aryl methyl sites for hydroxylation is 1. The van der Waals surface area contributed by atoms with Crippen LogP contribution in [-0.2, 0) is 20.8 Å². The topological polar surface area (TPSA) is 69.0 Å². The second-order valence-electron chi connectivity index (χ2n) is 5.54. The number of hydrogen-bond acceptors (Lipinski definition) is 6. The van der Waals surface area contributed by atoms with Crippen molar-refractivity contribution in [1.29, 1.82) is 0 Å². The molecule has 0 N–H and O–H groups in total. The van der Waals surface area contributed by atoms with Crippen LogP contribution in [0.3, 0.4) is 0 Å². The van der Waals surface area contributed by atoms with Crippen LogP contribution in [0.5, 0.6) is 0 Å². The van der Waals surface area contributed by atoms with Gasteiger partial charge in [-0.25, -0.2) is 4.79 Å². The standard InChI is InChI=1S/C16H23NO5/c1-4-21-15(18)12-6-5-7-17(9-12)10-13-8-11(2)14(22-13)16(19)20-3/h8,12H,4-7,9-10H2,1-3H3. The van der Waals surface area contributed by atoms with E-state index in [4.69, 9.17) is 9.15 Å². The van der Waals surface area contributed by atoms with Crippen molar-refractivity contribution in [3.05, 3.63) is 23.2 Å². The van der Waals surface area contributed by atoms with Crippen LogP contribution in [0.2, 0.25) is 0 Å². The van der Waals surface area contributed by atoms with Crippen molar-refractivity contribution in [2.24, 2.45) is 5.92 Å². The van der Waals surface area contributed by atoms with Crippen molar-refractivity contribution < 1.29 is 23.5 Å². The fourth-order valence-electron chi connectivity index (χ4n) is 2.79. The number of esters is 2. The molecular formula is C16H23NO5. The van der Waals surface area contributed by atoms with E-state index in [1.807, 2.05) is 19.9 Å². The summed E-state index contributed by atoms with van der Waals surface area (Å²) in [6.45, 7) is 6.19. The lowest BCUT2D eigenvalue weighted by molar-refractivity contribution is -0.150. The Hall–Kier alpha value is -1.82. The summed E-state index contributed by atoms with van der Waals surface area (Å²) in [5.74, 6) is 0.286.